The van der Waals surface area contributed by atoms with Crippen molar-refractivity contribution in [1.29, 1.82) is 0 Å². The largest absolute Gasteiger partial charge is 0.369 e. The van der Waals surface area contributed by atoms with Gasteiger partial charge in [-0.2, -0.15) is 0 Å². The monoisotopic (exact) mass is 645 g/mol. The molecule has 4 atom stereocenters. The van der Waals surface area contributed by atoms with Gasteiger partial charge in [0.2, 0.25) is 11.8 Å². The molecule has 46 heavy (non-hydrogen) atoms. The van der Waals surface area contributed by atoms with Crippen LogP contribution in [0, 0.1) is 0 Å². The second kappa shape index (κ2) is 28.4. The summed E-state index contributed by atoms with van der Waals surface area (Å²) < 4.78 is 11.5. The van der Waals surface area contributed by atoms with Gasteiger partial charge in [0.15, 0.2) is 0 Å². The lowest BCUT2D eigenvalue weighted by Gasteiger charge is -2.07. The van der Waals surface area contributed by atoms with Gasteiger partial charge in [0.25, 0.3) is 0 Å². The predicted molar refractivity (Wildman–Crippen MR) is 193 cm³/mol. The van der Waals surface area contributed by atoms with Crippen LogP contribution in [0.3, 0.4) is 0 Å². The van der Waals surface area contributed by atoms with Crippen molar-refractivity contribution in [2.75, 3.05) is 13.1 Å². The first-order valence-corrected chi connectivity index (χ1v) is 19.8. The van der Waals surface area contributed by atoms with Crippen molar-refractivity contribution >= 4 is 11.8 Å². The number of rotatable bonds is 33. The third-order valence-electron chi connectivity index (χ3n) is 9.43. The summed E-state index contributed by atoms with van der Waals surface area (Å²) in [5, 5.41) is 6.07. The van der Waals surface area contributed by atoms with Gasteiger partial charge in [-0.1, -0.05) is 115 Å². The Bertz CT molecular complexity index is 747. The second-order valence-corrected chi connectivity index (χ2v) is 13.9. The maximum absolute atomic E-state index is 12.1. The summed E-state index contributed by atoms with van der Waals surface area (Å²) in [4.78, 5) is 24.1. The molecule has 0 saturated carbocycles. The molecule has 2 amide bonds. The number of unbranched alkanes of at least 4 members (excludes halogenated alkanes) is 15. The number of amides is 2. The third kappa shape index (κ3) is 23.6. The van der Waals surface area contributed by atoms with Crippen molar-refractivity contribution in [2.24, 2.45) is 0 Å². The molecule has 0 aromatic rings. The van der Waals surface area contributed by atoms with Crippen molar-refractivity contribution in [3.63, 3.8) is 0 Å². The van der Waals surface area contributed by atoms with E-state index in [0.29, 0.717) is 50.3 Å². The summed E-state index contributed by atoms with van der Waals surface area (Å²) in [5.41, 5.74) is 0. The van der Waals surface area contributed by atoms with Gasteiger partial charge in [-0.05, 0) is 77.0 Å². The summed E-state index contributed by atoms with van der Waals surface area (Å²) in [7, 11) is 0. The Balaban J connectivity index is 1.23. The smallest absolute Gasteiger partial charge is 0.219 e. The Hall–Kier alpha value is -1.66. The Morgan fingerprint density at radius 3 is 1.33 bits per heavy atom. The van der Waals surface area contributed by atoms with Crippen LogP contribution in [0.2, 0.25) is 0 Å². The number of epoxide rings is 2. The minimum absolute atomic E-state index is 0.164. The van der Waals surface area contributed by atoms with E-state index in [4.69, 9.17) is 9.47 Å². The predicted octanol–water partition coefficient (Wildman–Crippen LogP) is 10.0. The van der Waals surface area contributed by atoms with Crippen LogP contribution in [-0.2, 0) is 19.1 Å². The average Bonchev–Trinajstić information content (AvgIpc) is 3.98. The fourth-order valence-electron chi connectivity index (χ4n) is 6.21. The van der Waals surface area contributed by atoms with Crippen molar-refractivity contribution in [1.82, 2.24) is 10.6 Å². The summed E-state index contributed by atoms with van der Waals surface area (Å²) in [6.45, 7) is 5.90. The number of ether oxygens (including phenoxy) is 2. The second-order valence-electron chi connectivity index (χ2n) is 13.9. The van der Waals surface area contributed by atoms with E-state index in [0.717, 1.165) is 64.2 Å². The van der Waals surface area contributed by atoms with Crippen LogP contribution in [0.1, 0.15) is 181 Å². The van der Waals surface area contributed by atoms with Gasteiger partial charge < -0.3 is 20.1 Å². The zero-order valence-electron chi connectivity index (χ0n) is 30.1. The third-order valence-corrected chi connectivity index (χ3v) is 9.43. The lowest BCUT2D eigenvalue weighted by Crippen LogP contribution is -2.27. The quantitative estimate of drug-likeness (QED) is 0.0423. The Morgan fingerprint density at radius 1 is 0.478 bits per heavy atom. The normalized spacial score (nSPS) is 20.5. The van der Waals surface area contributed by atoms with Gasteiger partial charge >= 0.3 is 0 Å². The highest BCUT2D eigenvalue weighted by molar-refractivity contribution is 5.76. The molecule has 0 bridgehead atoms. The number of nitrogens with one attached hydrogen (secondary N) is 2. The molecule has 266 valence electrons. The minimum Gasteiger partial charge on any atom is -0.369 e. The van der Waals surface area contributed by atoms with Gasteiger partial charge in [-0.25, -0.2) is 0 Å². The summed E-state index contributed by atoms with van der Waals surface area (Å²) in [6.07, 6.45) is 40.7. The molecule has 2 aliphatic rings. The number of carbonyl (C=O) groups is 2. The van der Waals surface area contributed by atoms with Crippen LogP contribution in [0.15, 0.2) is 24.3 Å². The van der Waals surface area contributed by atoms with Crippen LogP contribution < -0.4 is 10.6 Å². The Labute approximate surface area is 283 Å². The van der Waals surface area contributed by atoms with Crippen LogP contribution in [0.5, 0.6) is 0 Å². The SMILES string of the molecule is CCCCCC1OC1CC=CCCCCCCCC(=O)NCCCCNC(=O)CCCCCCCC=CCC1OC1CCCCC. The van der Waals surface area contributed by atoms with Crippen molar-refractivity contribution < 1.29 is 19.1 Å². The first kappa shape index (κ1) is 40.5. The molecule has 2 fully saturated rings. The van der Waals surface area contributed by atoms with E-state index in [9.17, 15) is 9.59 Å². The van der Waals surface area contributed by atoms with E-state index in [-0.39, 0.29) is 11.8 Å². The maximum atomic E-state index is 12.1. The Kier molecular flexibility index (Phi) is 25.0. The van der Waals surface area contributed by atoms with Crippen LogP contribution in [-0.4, -0.2) is 49.3 Å². The van der Waals surface area contributed by atoms with E-state index in [2.05, 4.69) is 48.8 Å². The fraction of sp³-hybridized carbons (Fsp3) is 0.850. The molecule has 2 aliphatic heterocycles. The van der Waals surface area contributed by atoms with Crippen molar-refractivity contribution in [2.45, 2.75) is 205 Å². The molecular weight excluding hydrogens is 572 g/mol. The summed E-state index contributed by atoms with van der Waals surface area (Å²) in [6, 6.07) is 0. The molecule has 0 aromatic heterocycles. The molecule has 2 heterocycles. The topological polar surface area (TPSA) is 83.3 Å². The lowest BCUT2D eigenvalue weighted by atomic mass is 10.1. The summed E-state index contributed by atoms with van der Waals surface area (Å²) >= 11 is 0. The van der Waals surface area contributed by atoms with Crippen LogP contribution >= 0.6 is 0 Å². The lowest BCUT2D eigenvalue weighted by molar-refractivity contribution is -0.122. The minimum atomic E-state index is 0.164. The first-order chi connectivity index (χ1) is 22.6. The molecular formula is C40H72N2O4. The molecule has 0 aliphatic carbocycles. The summed E-state index contributed by atoms with van der Waals surface area (Å²) in [5.74, 6) is 0.329. The zero-order chi connectivity index (χ0) is 32.9. The molecule has 2 rings (SSSR count). The van der Waals surface area contributed by atoms with Gasteiger partial charge in [0.1, 0.15) is 0 Å². The van der Waals surface area contributed by atoms with Crippen molar-refractivity contribution in [3.05, 3.63) is 24.3 Å². The van der Waals surface area contributed by atoms with Gasteiger partial charge in [-0.3, -0.25) is 9.59 Å². The number of hydrogen-bond acceptors (Lipinski definition) is 4. The molecule has 6 nitrogen and oxygen atoms in total. The van der Waals surface area contributed by atoms with E-state index in [1.807, 2.05) is 0 Å². The molecule has 0 radical (unpaired) electrons. The molecule has 0 aromatic carbocycles. The standard InChI is InChI=1S/C40H72N2O4/c1-3-5-19-27-35-37(45-35)29-21-15-11-7-9-13-17-23-31-39(43)41-33-25-26-34-42-40(44)32-24-18-14-10-8-12-16-22-30-38-36(46-38)28-20-6-4-2/h15-16,21-22,35-38H,3-14,17-20,23-34H2,1-2H3,(H,41,43)(H,42,44). The number of carbonyl (C=O) groups excluding carboxylic acids is 2. The van der Waals surface area contributed by atoms with Gasteiger partial charge in [0, 0.05) is 25.9 Å². The number of hydrogen-bond donors (Lipinski definition) is 2. The van der Waals surface area contributed by atoms with Gasteiger partial charge in [0.05, 0.1) is 24.4 Å². The van der Waals surface area contributed by atoms with E-state index in [1.54, 1.807) is 0 Å². The number of allylic oxidation sites excluding steroid dienone is 2. The van der Waals surface area contributed by atoms with E-state index in [1.165, 1.54) is 89.9 Å². The van der Waals surface area contributed by atoms with Crippen molar-refractivity contribution in [3.8, 4) is 0 Å². The van der Waals surface area contributed by atoms with E-state index >= 15 is 0 Å². The highest BCUT2D eigenvalue weighted by atomic mass is 16.6. The van der Waals surface area contributed by atoms with Crippen LogP contribution in [0.4, 0.5) is 0 Å². The highest BCUT2D eigenvalue weighted by Crippen LogP contribution is 2.31. The first-order valence-electron chi connectivity index (χ1n) is 19.8. The highest BCUT2D eigenvalue weighted by Gasteiger charge is 2.37. The van der Waals surface area contributed by atoms with Gasteiger partial charge in [-0.15, -0.1) is 0 Å². The Morgan fingerprint density at radius 2 is 0.891 bits per heavy atom. The maximum Gasteiger partial charge on any atom is 0.219 e. The fourth-order valence-corrected chi connectivity index (χ4v) is 6.21. The average molecular weight is 645 g/mol. The molecule has 4 unspecified atom stereocenters. The zero-order valence-corrected chi connectivity index (χ0v) is 30.1. The molecule has 6 heteroatoms. The van der Waals surface area contributed by atoms with E-state index < -0.39 is 0 Å². The van der Waals surface area contributed by atoms with Crippen LogP contribution in [0.25, 0.3) is 0 Å². The molecule has 2 N–H and O–H groups in total. The molecule has 0 spiro atoms. The molecule has 2 saturated heterocycles.